The van der Waals surface area contributed by atoms with Crippen molar-refractivity contribution in [2.75, 3.05) is 0 Å². The number of nitrogens with zero attached hydrogens (tertiary/aromatic N) is 1. The zero-order valence-electron chi connectivity index (χ0n) is 15.4. The third-order valence-electron chi connectivity index (χ3n) is 5.98. The molecule has 2 aliphatic rings. The molecular weight excluding hydrogens is 296 g/mol. The number of hydrogen-bond acceptors (Lipinski definition) is 2. The average Bonchev–Trinajstić information content (AvgIpc) is 3.06. The van der Waals surface area contributed by atoms with Crippen molar-refractivity contribution in [3.05, 3.63) is 29.1 Å². The molecule has 0 radical (unpaired) electrons. The molecule has 24 heavy (non-hydrogen) atoms. The lowest BCUT2D eigenvalue weighted by Crippen LogP contribution is -2.46. The highest BCUT2D eigenvalue weighted by atomic mass is 16.2. The van der Waals surface area contributed by atoms with E-state index < -0.39 is 0 Å². The van der Waals surface area contributed by atoms with E-state index in [2.05, 4.69) is 24.4 Å². The third-order valence-corrected chi connectivity index (χ3v) is 5.98. The Bertz CT molecular complexity index is 567. The van der Waals surface area contributed by atoms with Gasteiger partial charge >= 0.3 is 0 Å². The van der Waals surface area contributed by atoms with Crippen LogP contribution in [0.15, 0.2) is 12.1 Å². The molecule has 3 nitrogen and oxygen atoms in total. The van der Waals surface area contributed by atoms with E-state index in [1.165, 1.54) is 57.8 Å². The second-order valence-electron chi connectivity index (χ2n) is 8.17. The van der Waals surface area contributed by atoms with Gasteiger partial charge in [-0.2, -0.15) is 0 Å². The van der Waals surface area contributed by atoms with Crippen LogP contribution in [0.1, 0.15) is 105 Å². The number of amides is 1. The summed E-state index contributed by atoms with van der Waals surface area (Å²) in [5.41, 5.74) is 2.67. The van der Waals surface area contributed by atoms with Crippen LogP contribution in [0.2, 0.25) is 0 Å². The number of pyridine rings is 1. The van der Waals surface area contributed by atoms with Crippen molar-refractivity contribution >= 4 is 5.91 Å². The summed E-state index contributed by atoms with van der Waals surface area (Å²) in [6.45, 7) is 4.22. The van der Waals surface area contributed by atoms with Crippen LogP contribution in [-0.2, 0) is 0 Å². The highest BCUT2D eigenvalue weighted by Gasteiger charge is 2.28. The van der Waals surface area contributed by atoms with Gasteiger partial charge in [0, 0.05) is 17.2 Å². The molecule has 1 aromatic heterocycles. The van der Waals surface area contributed by atoms with Crippen LogP contribution >= 0.6 is 0 Å². The lowest BCUT2D eigenvalue weighted by atomic mass is 9.85. The summed E-state index contributed by atoms with van der Waals surface area (Å²) in [5.74, 6) is 0.574. The molecule has 0 saturated heterocycles. The monoisotopic (exact) mass is 328 g/mol. The fourth-order valence-corrected chi connectivity index (χ4v) is 4.37. The third kappa shape index (κ3) is 4.17. The highest BCUT2D eigenvalue weighted by Crippen LogP contribution is 2.33. The fraction of sp³-hybridized carbons (Fsp3) is 0.714. The van der Waals surface area contributed by atoms with E-state index in [1.807, 2.05) is 6.92 Å². The van der Waals surface area contributed by atoms with E-state index >= 15 is 0 Å². The van der Waals surface area contributed by atoms with E-state index in [9.17, 15) is 4.79 Å². The minimum absolute atomic E-state index is 0.0235. The molecule has 0 aromatic carbocycles. The summed E-state index contributed by atoms with van der Waals surface area (Å²) in [5, 5.41) is 3.34. The van der Waals surface area contributed by atoms with E-state index in [1.54, 1.807) is 0 Å². The second kappa shape index (κ2) is 7.67. The van der Waals surface area contributed by atoms with Crippen molar-refractivity contribution in [3.8, 4) is 0 Å². The molecule has 0 atom stereocenters. The summed E-state index contributed by atoms with van der Waals surface area (Å²) in [6, 6.07) is 4.20. The Hall–Kier alpha value is -1.38. The van der Waals surface area contributed by atoms with Gasteiger partial charge in [-0.1, -0.05) is 51.0 Å². The maximum Gasteiger partial charge on any atom is 0.270 e. The molecule has 1 N–H and O–H groups in total. The molecule has 132 valence electrons. The topological polar surface area (TPSA) is 42.0 Å². The van der Waals surface area contributed by atoms with Gasteiger partial charge in [-0.3, -0.25) is 4.79 Å². The normalized spacial score (nSPS) is 21.9. The Balaban J connectivity index is 1.74. The van der Waals surface area contributed by atoms with E-state index in [0.29, 0.717) is 11.6 Å². The molecule has 0 aliphatic heterocycles. The standard InChI is InChI=1S/C21H32N2O/c1-16-12-13-18(17-10-6-7-11-17)22-19(16)20(24)23-21(2)14-8-4-3-5-9-15-21/h12-13,17H,3-11,14-15H2,1-2H3,(H,23,24). The van der Waals surface area contributed by atoms with E-state index in [4.69, 9.17) is 4.98 Å². The number of rotatable bonds is 3. The molecule has 2 fully saturated rings. The maximum atomic E-state index is 12.9. The van der Waals surface area contributed by atoms with Gasteiger partial charge in [-0.25, -0.2) is 4.98 Å². The SMILES string of the molecule is Cc1ccc(C2CCCC2)nc1C(=O)NC1(C)CCCCCCC1. The van der Waals surface area contributed by atoms with Crippen LogP contribution in [0.5, 0.6) is 0 Å². The van der Waals surface area contributed by atoms with Gasteiger partial charge in [-0.05, 0) is 51.2 Å². The number of nitrogens with one attached hydrogen (secondary N) is 1. The summed E-state index contributed by atoms with van der Waals surface area (Å²) in [7, 11) is 0. The predicted molar refractivity (Wildman–Crippen MR) is 98.4 cm³/mol. The predicted octanol–water partition coefficient (Wildman–Crippen LogP) is 5.28. The first-order valence-electron chi connectivity index (χ1n) is 9.87. The zero-order valence-corrected chi connectivity index (χ0v) is 15.4. The lowest BCUT2D eigenvalue weighted by Gasteiger charge is -2.32. The van der Waals surface area contributed by atoms with Crippen molar-refractivity contribution in [2.45, 2.75) is 95.9 Å². The van der Waals surface area contributed by atoms with Gasteiger partial charge in [0.15, 0.2) is 0 Å². The van der Waals surface area contributed by atoms with Crippen LogP contribution in [-0.4, -0.2) is 16.4 Å². The molecule has 2 saturated carbocycles. The fourth-order valence-electron chi connectivity index (χ4n) is 4.37. The molecular formula is C21H32N2O. The summed E-state index contributed by atoms with van der Waals surface area (Å²) >= 11 is 0. The first-order chi connectivity index (χ1) is 11.6. The van der Waals surface area contributed by atoms with Gasteiger partial charge in [0.2, 0.25) is 0 Å². The Morgan fingerprint density at radius 2 is 1.67 bits per heavy atom. The zero-order chi connectivity index (χ0) is 17.0. The molecule has 1 heterocycles. The largest absolute Gasteiger partial charge is 0.346 e. The molecule has 3 heteroatoms. The van der Waals surface area contributed by atoms with Gasteiger partial charge in [-0.15, -0.1) is 0 Å². The van der Waals surface area contributed by atoms with E-state index in [0.717, 1.165) is 24.1 Å². The van der Waals surface area contributed by atoms with Crippen molar-refractivity contribution < 1.29 is 4.79 Å². The van der Waals surface area contributed by atoms with Crippen molar-refractivity contribution in [1.29, 1.82) is 0 Å². The number of aromatic nitrogens is 1. The van der Waals surface area contributed by atoms with Crippen LogP contribution in [0.25, 0.3) is 0 Å². The van der Waals surface area contributed by atoms with Crippen molar-refractivity contribution in [3.63, 3.8) is 0 Å². The van der Waals surface area contributed by atoms with Crippen LogP contribution in [0.3, 0.4) is 0 Å². The molecule has 1 aromatic rings. The van der Waals surface area contributed by atoms with Gasteiger partial charge in [0.1, 0.15) is 5.69 Å². The molecule has 0 unspecified atom stereocenters. The molecule has 3 rings (SSSR count). The second-order valence-corrected chi connectivity index (χ2v) is 8.17. The molecule has 2 aliphatic carbocycles. The van der Waals surface area contributed by atoms with Gasteiger partial charge in [0.25, 0.3) is 5.91 Å². The smallest absolute Gasteiger partial charge is 0.270 e. The van der Waals surface area contributed by atoms with Crippen molar-refractivity contribution in [1.82, 2.24) is 10.3 Å². The Morgan fingerprint density at radius 1 is 1.04 bits per heavy atom. The molecule has 0 spiro atoms. The summed E-state index contributed by atoms with van der Waals surface area (Å²) in [6.07, 6.45) is 13.5. The van der Waals surface area contributed by atoms with Crippen LogP contribution < -0.4 is 5.32 Å². The molecule has 0 bridgehead atoms. The van der Waals surface area contributed by atoms with Gasteiger partial charge < -0.3 is 5.32 Å². The first-order valence-corrected chi connectivity index (χ1v) is 9.87. The number of carbonyl (C=O) groups is 1. The Kier molecular flexibility index (Phi) is 5.57. The maximum absolute atomic E-state index is 12.9. The minimum atomic E-state index is -0.0744. The van der Waals surface area contributed by atoms with Crippen LogP contribution in [0, 0.1) is 6.92 Å². The van der Waals surface area contributed by atoms with Gasteiger partial charge in [0.05, 0.1) is 0 Å². The lowest BCUT2D eigenvalue weighted by molar-refractivity contribution is 0.0883. The summed E-state index contributed by atoms with van der Waals surface area (Å²) in [4.78, 5) is 17.7. The highest BCUT2D eigenvalue weighted by molar-refractivity contribution is 5.94. The van der Waals surface area contributed by atoms with E-state index in [-0.39, 0.29) is 11.4 Å². The Labute approximate surface area is 146 Å². The number of aryl methyl sites for hydroxylation is 1. The minimum Gasteiger partial charge on any atom is -0.346 e. The van der Waals surface area contributed by atoms with Crippen LogP contribution in [0.4, 0.5) is 0 Å². The first kappa shape index (κ1) is 17.4. The number of hydrogen-bond donors (Lipinski definition) is 1. The average molecular weight is 329 g/mol. The Morgan fingerprint density at radius 3 is 2.33 bits per heavy atom. The number of carbonyl (C=O) groups excluding carboxylic acids is 1. The van der Waals surface area contributed by atoms with Crippen molar-refractivity contribution in [2.24, 2.45) is 0 Å². The summed E-state index contributed by atoms with van der Waals surface area (Å²) < 4.78 is 0. The molecule has 1 amide bonds. The quantitative estimate of drug-likeness (QED) is 0.820.